The van der Waals surface area contributed by atoms with Crippen LogP contribution in [0.25, 0.3) is 6.08 Å². The fraction of sp³-hybridized carbons (Fsp3) is 0.176. The van der Waals surface area contributed by atoms with Crippen molar-refractivity contribution in [3.63, 3.8) is 0 Å². The largest absolute Gasteiger partial charge is 0.493 e. The predicted molar refractivity (Wildman–Crippen MR) is 78.9 cm³/mol. The van der Waals surface area contributed by atoms with Crippen molar-refractivity contribution in [3.8, 4) is 5.75 Å². The molecule has 2 rings (SSSR count). The van der Waals surface area contributed by atoms with Gasteiger partial charge in [0.25, 0.3) is 0 Å². The summed E-state index contributed by atoms with van der Waals surface area (Å²) in [6.07, 6.45) is 1.80. The molecule has 0 aliphatic carbocycles. The molecule has 0 atom stereocenters. The first kappa shape index (κ1) is 14.0. The van der Waals surface area contributed by atoms with E-state index >= 15 is 0 Å². The molecule has 2 aromatic carbocycles. The summed E-state index contributed by atoms with van der Waals surface area (Å²) in [7, 11) is 0. The van der Waals surface area contributed by atoms with Crippen LogP contribution < -0.4 is 4.74 Å². The van der Waals surface area contributed by atoms with E-state index in [1.54, 1.807) is 6.08 Å². The normalized spacial score (nSPS) is 9.00. The van der Waals surface area contributed by atoms with Crippen LogP contribution in [-0.4, -0.2) is 6.61 Å². The standard InChI is InChI=1S/C10H12O.C7H8/c1-3-9-7-5-6-8-10(9)11-4-2;1-7-5-3-2-4-6-7/h3,5-8H,1,4H2,2H3;2-6H,1H3. The van der Waals surface area contributed by atoms with Gasteiger partial charge < -0.3 is 4.74 Å². The summed E-state index contributed by atoms with van der Waals surface area (Å²) in [6, 6.07) is 18.1. The Morgan fingerprint density at radius 3 is 2.11 bits per heavy atom. The van der Waals surface area contributed by atoms with E-state index in [-0.39, 0.29) is 0 Å². The van der Waals surface area contributed by atoms with Crippen molar-refractivity contribution >= 4 is 6.08 Å². The Morgan fingerprint density at radius 2 is 1.61 bits per heavy atom. The van der Waals surface area contributed by atoms with Crippen LogP contribution in [0.4, 0.5) is 0 Å². The van der Waals surface area contributed by atoms with Gasteiger partial charge in [-0.1, -0.05) is 66.7 Å². The molecule has 0 aliphatic heterocycles. The van der Waals surface area contributed by atoms with Gasteiger partial charge in [-0.25, -0.2) is 0 Å². The molecule has 1 nitrogen and oxygen atoms in total. The Balaban J connectivity index is 0.000000199. The molecule has 0 spiro atoms. The second-order valence-corrected chi connectivity index (χ2v) is 3.83. The van der Waals surface area contributed by atoms with Crippen molar-refractivity contribution in [1.82, 2.24) is 0 Å². The van der Waals surface area contributed by atoms with Gasteiger partial charge in [-0.15, -0.1) is 0 Å². The van der Waals surface area contributed by atoms with Crippen molar-refractivity contribution in [2.24, 2.45) is 0 Å². The molecule has 0 bridgehead atoms. The molecule has 0 amide bonds. The number of aryl methyl sites for hydroxylation is 1. The fourth-order valence-electron chi connectivity index (χ4n) is 1.47. The molecule has 0 aromatic heterocycles. The molecule has 0 N–H and O–H groups in total. The van der Waals surface area contributed by atoms with Crippen molar-refractivity contribution in [2.45, 2.75) is 13.8 Å². The van der Waals surface area contributed by atoms with E-state index < -0.39 is 0 Å². The summed E-state index contributed by atoms with van der Waals surface area (Å²) in [6.45, 7) is 8.45. The van der Waals surface area contributed by atoms with E-state index in [1.165, 1.54) is 5.56 Å². The highest BCUT2D eigenvalue weighted by Gasteiger charge is 1.95. The molecule has 0 saturated heterocycles. The van der Waals surface area contributed by atoms with E-state index in [1.807, 2.05) is 49.4 Å². The lowest BCUT2D eigenvalue weighted by atomic mass is 10.2. The summed E-state index contributed by atoms with van der Waals surface area (Å²) in [5.74, 6) is 0.907. The van der Waals surface area contributed by atoms with E-state index in [0.29, 0.717) is 6.61 Å². The number of ether oxygens (including phenoxy) is 1. The lowest BCUT2D eigenvalue weighted by Crippen LogP contribution is -1.92. The lowest BCUT2D eigenvalue weighted by molar-refractivity contribution is 0.339. The average molecular weight is 240 g/mol. The summed E-state index contributed by atoms with van der Waals surface area (Å²) >= 11 is 0. The zero-order chi connectivity index (χ0) is 13.2. The third-order valence-electron chi connectivity index (χ3n) is 2.38. The second kappa shape index (κ2) is 8.13. The molecule has 18 heavy (non-hydrogen) atoms. The minimum absolute atomic E-state index is 0.699. The molecule has 0 radical (unpaired) electrons. The van der Waals surface area contributed by atoms with Gasteiger partial charge in [-0.3, -0.25) is 0 Å². The van der Waals surface area contributed by atoms with Gasteiger partial charge >= 0.3 is 0 Å². The van der Waals surface area contributed by atoms with Crippen LogP contribution in [0, 0.1) is 6.92 Å². The molecule has 0 heterocycles. The highest BCUT2D eigenvalue weighted by Crippen LogP contribution is 2.18. The van der Waals surface area contributed by atoms with Gasteiger partial charge in [0.15, 0.2) is 0 Å². The van der Waals surface area contributed by atoms with Crippen molar-refractivity contribution < 1.29 is 4.74 Å². The van der Waals surface area contributed by atoms with Crippen LogP contribution in [0.1, 0.15) is 18.1 Å². The van der Waals surface area contributed by atoms with E-state index in [2.05, 4.69) is 25.6 Å². The maximum Gasteiger partial charge on any atom is 0.126 e. The summed E-state index contributed by atoms with van der Waals surface area (Å²) < 4.78 is 5.36. The Morgan fingerprint density at radius 1 is 1.00 bits per heavy atom. The Bertz CT molecular complexity index is 460. The first-order valence-corrected chi connectivity index (χ1v) is 6.13. The van der Waals surface area contributed by atoms with Crippen LogP contribution in [0.15, 0.2) is 61.2 Å². The van der Waals surface area contributed by atoms with Gasteiger partial charge in [-0.05, 0) is 19.9 Å². The third-order valence-corrected chi connectivity index (χ3v) is 2.38. The van der Waals surface area contributed by atoms with Gasteiger partial charge in [0, 0.05) is 5.56 Å². The molecular weight excluding hydrogens is 220 g/mol. The van der Waals surface area contributed by atoms with E-state index in [4.69, 9.17) is 4.74 Å². The van der Waals surface area contributed by atoms with Gasteiger partial charge in [0.05, 0.1) is 6.61 Å². The molecule has 0 aliphatic rings. The van der Waals surface area contributed by atoms with Crippen LogP contribution in [0.3, 0.4) is 0 Å². The molecule has 2 aromatic rings. The fourth-order valence-corrected chi connectivity index (χ4v) is 1.47. The Labute approximate surface area is 110 Å². The highest BCUT2D eigenvalue weighted by molar-refractivity contribution is 5.55. The molecule has 0 saturated carbocycles. The number of para-hydroxylation sites is 1. The summed E-state index contributed by atoms with van der Waals surface area (Å²) in [5, 5.41) is 0. The number of rotatable bonds is 3. The zero-order valence-electron chi connectivity index (χ0n) is 11.1. The van der Waals surface area contributed by atoms with Crippen molar-refractivity contribution in [2.75, 3.05) is 6.61 Å². The molecule has 94 valence electrons. The van der Waals surface area contributed by atoms with Gasteiger partial charge in [-0.2, -0.15) is 0 Å². The highest BCUT2D eigenvalue weighted by atomic mass is 16.5. The first-order valence-electron chi connectivity index (χ1n) is 6.13. The van der Waals surface area contributed by atoms with Crippen LogP contribution >= 0.6 is 0 Å². The van der Waals surface area contributed by atoms with Crippen molar-refractivity contribution in [1.29, 1.82) is 0 Å². The smallest absolute Gasteiger partial charge is 0.126 e. The van der Waals surface area contributed by atoms with Gasteiger partial charge in [0.1, 0.15) is 5.75 Å². The van der Waals surface area contributed by atoms with Crippen LogP contribution in [-0.2, 0) is 0 Å². The number of benzene rings is 2. The van der Waals surface area contributed by atoms with Crippen LogP contribution in [0.5, 0.6) is 5.75 Å². The molecule has 0 unspecified atom stereocenters. The molecule has 0 fully saturated rings. The maximum absolute atomic E-state index is 5.36. The van der Waals surface area contributed by atoms with E-state index in [0.717, 1.165) is 11.3 Å². The minimum atomic E-state index is 0.699. The summed E-state index contributed by atoms with van der Waals surface area (Å²) in [4.78, 5) is 0. The lowest BCUT2D eigenvalue weighted by Gasteiger charge is -2.05. The Kier molecular flexibility index (Phi) is 6.34. The summed E-state index contributed by atoms with van der Waals surface area (Å²) in [5.41, 5.74) is 2.37. The third kappa shape index (κ3) is 4.88. The number of hydrogen-bond donors (Lipinski definition) is 0. The average Bonchev–Trinajstić information content (AvgIpc) is 2.41. The quantitative estimate of drug-likeness (QED) is 0.754. The second-order valence-electron chi connectivity index (χ2n) is 3.83. The van der Waals surface area contributed by atoms with Crippen molar-refractivity contribution in [3.05, 3.63) is 72.3 Å². The Hall–Kier alpha value is -2.02. The SMILES string of the molecule is C=Cc1ccccc1OCC.Cc1ccccc1. The van der Waals surface area contributed by atoms with E-state index in [9.17, 15) is 0 Å². The maximum atomic E-state index is 5.36. The first-order chi connectivity index (χ1) is 8.77. The predicted octanol–water partition coefficient (Wildman–Crippen LogP) is 4.72. The number of hydrogen-bond acceptors (Lipinski definition) is 1. The minimum Gasteiger partial charge on any atom is -0.493 e. The molecule has 1 heteroatoms. The zero-order valence-corrected chi connectivity index (χ0v) is 11.1. The molecular formula is C17H20O. The van der Waals surface area contributed by atoms with Crippen LogP contribution in [0.2, 0.25) is 0 Å². The monoisotopic (exact) mass is 240 g/mol. The topological polar surface area (TPSA) is 9.23 Å². The van der Waals surface area contributed by atoms with Gasteiger partial charge in [0.2, 0.25) is 0 Å².